The molecular weight excluding hydrogens is 244 g/mol. The number of rotatable bonds is 5. The number of hydrogen-bond acceptors (Lipinski definition) is 5. The first kappa shape index (κ1) is 15.9. The first-order valence-electron chi connectivity index (χ1n) is 5.37. The van der Waals surface area contributed by atoms with Crippen LogP contribution in [0.5, 0.6) is 0 Å². The highest BCUT2D eigenvalue weighted by atomic mass is 35.5. The van der Waals surface area contributed by atoms with Gasteiger partial charge in [-0.15, -0.1) is 12.4 Å². The summed E-state index contributed by atoms with van der Waals surface area (Å²) in [5, 5.41) is 6.35. The number of carbonyl (C=O) groups excluding carboxylic acids is 1. The van der Waals surface area contributed by atoms with Gasteiger partial charge in [-0.25, -0.2) is 0 Å². The maximum atomic E-state index is 11.6. The van der Waals surface area contributed by atoms with Gasteiger partial charge in [0.1, 0.15) is 0 Å². The molecule has 0 bridgehead atoms. The van der Waals surface area contributed by atoms with E-state index >= 15 is 0 Å². The monoisotopic (exact) mass is 262 g/mol. The lowest BCUT2D eigenvalue weighted by Crippen LogP contribution is -2.44. The average Bonchev–Trinajstić information content (AvgIpc) is 2.69. The molecule has 0 aliphatic rings. The van der Waals surface area contributed by atoms with Crippen molar-refractivity contribution in [3.8, 4) is 0 Å². The second-order valence-corrected chi connectivity index (χ2v) is 3.86. The Morgan fingerprint density at radius 2 is 2.24 bits per heavy atom. The fraction of sp³-hybridized carbons (Fsp3) is 0.700. The zero-order valence-electron chi connectivity index (χ0n) is 10.3. The van der Waals surface area contributed by atoms with Crippen molar-refractivity contribution in [1.82, 2.24) is 15.5 Å². The number of aromatic nitrogens is 2. The van der Waals surface area contributed by atoms with Crippen LogP contribution in [0.4, 0.5) is 0 Å². The molecule has 2 atom stereocenters. The summed E-state index contributed by atoms with van der Waals surface area (Å²) < 4.78 is 4.78. The summed E-state index contributed by atoms with van der Waals surface area (Å²) >= 11 is 0. The third kappa shape index (κ3) is 4.70. The lowest BCUT2D eigenvalue weighted by Gasteiger charge is -2.16. The summed E-state index contributed by atoms with van der Waals surface area (Å²) in [5.74, 6) is 0.918. The van der Waals surface area contributed by atoms with E-state index in [4.69, 9.17) is 10.3 Å². The number of amides is 1. The molecule has 0 fully saturated rings. The Morgan fingerprint density at radius 3 is 2.71 bits per heavy atom. The maximum absolute atomic E-state index is 11.6. The average molecular weight is 263 g/mol. The van der Waals surface area contributed by atoms with Crippen LogP contribution in [0.3, 0.4) is 0 Å². The number of nitrogens with one attached hydrogen (secondary N) is 1. The molecule has 0 saturated heterocycles. The largest absolute Gasteiger partial charge is 0.347 e. The molecule has 1 aromatic heterocycles. The van der Waals surface area contributed by atoms with Gasteiger partial charge in [0.25, 0.3) is 0 Å². The molecule has 0 aliphatic carbocycles. The molecule has 0 aromatic carbocycles. The number of nitrogens with zero attached hydrogens (tertiary/aromatic N) is 2. The van der Waals surface area contributed by atoms with E-state index in [1.807, 2.05) is 13.8 Å². The summed E-state index contributed by atoms with van der Waals surface area (Å²) in [6.07, 6.45) is 0.871. The zero-order valence-corrected chi connectivity index (χ0v) is 11.1. The van der Waals surface area contributed by atoms with E-state index in [2.05, 4.69) is 15.5 Å². The fourth-order valence-corrected chi connectivity index (χ4v) is 1.21. The predicted octanol–water partition coefficient (Wildman–Crippen LogP) is 0.789. The summed E-state index contributed by atoms with van der Waals surface area (Å²) in [6, 6.07) is -0.488. The van der Waals surface area contributed by atoms with Crippen LogP contribution in [0.2, 0.25) is 0 Å². The van der Waals surface area contributed by atoms with Gasteiger partial charge in [0, 0.05) is 6.92 Å². The lowest BCUT2D eigenvalue weighted by atomic mass is 9.99. The predicted molar refractivity (Wildman–Crippen MR) is 65.6 cm³/mol. The summed E-state index contributed by atoms with van der Waals surface area (Å²) in [6.45, 7) is 5.90. The minimum Gasteiger partial charge on any atom is -0.347 e. The Kier molecular flexibility index (Phi) is 6.75. The van der Waals surface area contributed by atoms with Crippen LogP contribution in [-0.4, -0.2) is 22.1 Å². The van der Waals surface area contributed by atoms with Gasteiger partial charge in [0.05, 0.1) is 12.6 Å². The number of nitrogens with two attached hydrogens (primary N) is 1. The van der Waals surface area contributed by atoms with Gasteiger partial charge >= 0.3 is 0 Å². The van der Waals surface area contributed by atoms with Gasteiger partial charge < -0.3 is 15.6 Å². The number of aryl methyl sites for hydroxylation is 1. The van der Waals surface area contributed by atoms with E-state index in [0.717, 1.165) is 6.42 Å². The molecule has 6 nitrogen and oxygen atoms in total. The zero-order chi connectivity index (χ0) is 12.1. The van der Waals surface area contributed by atoms with Gasteiger partial charge in [0.15, 0.2) is 5.82 Å². The Balaban J connectivity index is 0.00000256. The Hall–Kier alpha value is -1.14. The van der Waals surface area contributed by atoms with Crippen molar-refractivity contribution in [2.75, 3.05) is 0 Å². The normalized spacial score (nSPS) is 13.6. The van der Waals surface area contributed by atoms with Crippen LogP contribution in [-0.2, 0) is 11.3 Å². The Bertz CT molecular complexity index is 356. The second-order valence-electron chi connectivity index (χ2n) is 3.86. The van der Waals surface area contributed by atoms with Crippen molar-refractivity contribution < 1.29 is 9.32 Å². The lowest BCUT2D eigenvalue weighted by molar-refractivity contribution is -0.123. The minimum absolute atomic E-state index is 0. The molecule has 0 spiro atoms. The first-order chi connectivity index (χ1) is 7.54. The molecule has 17 heavy (non-hydrogen) atoms. The van der Waals surface area contributed by atoms with Gasteiger partial charge in [-0.1, -0.05) is 25.4 Å². The smallest absolute Gasteiger partial charge is 0.237 e. The minimum atomic E-state index is -0.488. The third-order valence-corrected chi connectivity index (χ3v) is 2.55. The molecule has 0 saturated carbocycles. The highest BCUT2D eigenvalue weighted by molar-refractivity contribution is 5.85. The Labute approximate surface area is 107 Å². The van der Waals surface area contributed by atoms with Crippen molar-refractivity contribution >= 4 is 18.3 Å². The topological polar surface area (TPSA) is 94.0 Å². The standard InChI is InChI=1S/C10H18N4O2.ClH/c1-4-6(2)9(11)10(15)12-5-8-13-7(3)16-14-8;/h6,9H,4-5,11H2,1-3H3,(H,12,15);1H. The van der Waals surface area contributed by atoms with E-state index in [1.165, 1.54) is 0 Å². The van der Waals surface area contributed by atoms with Gasteiger partial charge in [-0.05, 0) is 5.92 Å². The van der Waals surface area contributed by atoms with Crippen molar-refractivity contribution in [1.29, 1.82) is 0 Å². The number of hydrogen-bond donors (Lipinski definition) is 2. The van der Waals surface area contributed by atoms with Crippen LogP contribution < -0.4 is 11.1 Å². The van der Waals surface area contributed by atoms with E-state index in [0.29, 0.717) is 11.7 Å². The van der Waals surface area contributed by atoms with Crippen LogP contribution in [0.1, 0.15) is 32.0 Å². The quantitative estimate of drug-likeness (QED) is 0.818. The number of carbonyl (C=O) groups is 1. The van der Waals surface area contributed by atoms with E-state index in [1.54, 1.807) is 6.92 Å². The molecule has 0 radical (unpaired) electrons. The van der Waals surface area contributed by atoms with E-state index in [-0.39, 0.29) is 30.8 Å². The molecule has 98 valence electrons. The van der Waals surface area contributed by atoms with Gasteiger partial charge in [0.2, 0.25) is 11.8 Å². The maximum Gasteiger partial charge on any atom is 0.237 e. The summed E-state index contributed by atoms with van der Waals surface area (Å²) in [7, 11) is 0. The van der Waals surface area contributed by atoms with Crippen molar-refractivity contribution in [2.24, 2.45) is 11.7 Å². The van der Waals surface area contributed by atoms with Crippen molar-refractivity contribution in [3.63, 3.8) is 0 Å². The van der Waals surface area contributed by atoms with Gasteiger partial charge in [-0.3, -0.25) is 4.79 Å². The van der Waals surface area contributed by atoms with Crippen molar-refractivity contribution in [2.45, 2.75) is 39.8 Å². The molecule has 7 heteroatoms. The number of halogens is 1. The molecular formula is C10H19ClN4O2. The Morgan fingerprint density at radius 1 is 1.59 bits per heavy atom. The molecule has 1 aromatic rings. The fourth-order valence-electron chi connectivity index (χ4n) is 1.21. The molecule has 1 amide bonds. The first-order valence-corrected chi connectivity index (χ1v) is 5.37. The van der Waals surface area contributed by atoms with Crippen LogP contribution in [0.25, 0.3) is 0 Å². The molecule has 0 aliphatic heterocycles. The van der Waals surface area contributed by atoms with Crippen molar-refractivity contribution in [3.05, 3.63) is 11.7 Å². The molecule has 1 heterocycles. The van der Waals surface area contributed by atoms with Crippen LogP contribution in [0.15, 0.2) is 4.52 Å². The highest BCUT2D eigenvalue weighted by Gasteiger charge is 2.19. The second kappa shape index (κ2) is 7.24. The van der Waals surface area contributed by atoms with Crippen LogP contribution in [0, 0.1) is 12.8 Å². The summed E-state index contributed by atoms with van der Waals surface area (Å²) in [4.78, 5) is 15.6. The van der Waals surface area contributed by atoms with Gasteiger partial charge in [-0.2, -0.15) is 4.98 Å². The summed E-state index contributed by atoms with van der Waals surface area (Å²) in [5.41, 5.74) is 5.76. The van der Waals surface area contributed by atoms with Crippen LogP contribution >= 0.6 is 12.4 Å². The highest BCUT2D eigenvalue weighted by Crippen LogP contribution is 2.05. The molecule has 2 unspecified atom stereocenters. The van der Waals surface area contributed by atoms with E-state index in [9.17, 15) is 4.79 Å². The third-order valence-electron chi connectivity index (χ3n) is 2.55. The molecule has 3 N–H and O–H groups in total. The SMILES string of the molecule is CCC(C)C(N)C(=O)NCc1noc(C)n1.Cl. The van der Waals surface area contributed by atoms with E-state index < -0.39 is 6.04 Å². The molecule has 1 rings (SSSR count).